The molecule has 0 spiro atoms. The van der Waals surface area contributed by atoms with E-state index in [-0.39, 0.29) is 17.7 Å². The SMILES string of the molecule is NC(=O)[C@H](CC[S@](=O)c1ccccc1)NC(=O)c1ccccc1F. The first-order valence-electron chi connectivity index (χ1n) is 7.27. The highest BCUT2D eigenvalue weighted by atomic mass is 32.2. The number of amides is 2. The molecule has 0 aliphatic heterocycles. The smallest absolute Gasteiger partial charge is 0.254 e. The average Bonchev–Trinajstić information content (AvgIpc) is 2.59. The van der Waals surface area contributed by atoms with Crippen molar-refractivity contribution in [2.45, 2.75) is 17.4 Å². The maximum absolute atomic E-state index is 13.6. The fourth-order valence-electron chi connectivity index (χ4n) is 2.08. The van der Waals surface area contributed by atoms with Gasteiger partial charge in [0.15, 0.2) is 0 Å². The molecule has 2 aromatic carbocycles. The van der Waals surface area contributed by atoms with Gasteiger partial charge in [0.25, 0.3) is 5.91 Å². The number of benzene rings is 2. The van der Waals surface area contributed by atoms with Gasteiger partial charge in [0, 0.05) is 10.6 Å². The third kappa shape index (κ3) is 4.73. The van der Waals surface area contributed by atoms with Gasteiger partial charge in [0.2, 0.25) is 5.91 Å². The summed E-state index contributed by atoms with van der Waals surface area (Å²) in [5.74, 6) is -2.03. The quantitative estimate of drug-likeness (QED) is 0.796. The van der Waals surface area contributed by atoms with Crippen LogP contribution in [-0.2, 0) is 15.6 Å². The maximum atomic E-state index is 13.6. The number of nitrogens with two attached hydrogens (primary N) is 1. The molecule has 0 bridgehead atoms. The highest BCUT2D eigenvalue weighted by Gasteiger charge is 2.21. The van der Waals surface area contributed by atoms with Crippen LogP contribution in [0.25, 0.3) is 0 Å². The van der Waals surface area contributed by atoms with Gasteiger partial charge in [0.1, 0.15) is 11.9 Å². The van der Waals surface area contributed by atoms with Gasteiger partial charge in [-0.2, -0.15) is 0 Å². The van der Waals surface area contributed by atoms with Crippen molar-refractivity contribution in [3.63, 3.8) is 0 Å². The Morgan fingerprint density at radius 2 is 1.71 bits per heavy atom. The molecular weight excluding hydrogens is 331 g/mol. The normalized spacial score (nSPS) is 13.0. The number of carbonyl (C=O) groups excluding carboxylic acids is 2. The molecule has 0 saturated heterocycles. The average molecular weight is 348 g/mol. The van der Waals surface area contributed by atoms with Crippen molar-refractivity contribution in [1.29, 1.82) is 0 Å². The van der Waals surface area contributed by atoms with E-state index in [0.717, 1.165) is 6.07 Å². The second kappa shape index (κ2) is 8.35. The number of halogens is 1. The van der Waals surface area contributed by atoms with Crippen LogP contribution in [0.15, 0.2) is 59.5 Å². The van der Waals surface area contributed by atoms with E-state index >= 15 is 0 Å². The fourth-order valence-corrected chi connectivity index (χ4v) is 3.23. The van der Waals surface area contributed by atoms with Gasteiger partial charge in [-0.25, -0.2) is 4.39 Å². The molecule has 126 valence electrons. The van der Waals surface area contributed by atoms with Crippen molar-refractivity contribution in [2.24, 2.45) is 5.73 Å². The van der Waals surface area contributed by atoms with E-state index in [0.29, 0.717) is 4.90 Å². The highest BCUT2D eigenvalue weighted by Crippen LogP contribution is 2.10. The summed E-state index contributed by atoms with van der Waals surface area (Å²) in [6.07, 6.45) is 0.0943. The predicted molar refractivity (Wildman–Crippen MR) is 89.2 cm³/mol. The van der Waals surface area contributed by atoms with E-state index in [4.69, 9.17) is 5.73 Å². The van der Waals surface area contributed by atoms with E-state index in [9.17, 15) is 18.2 Å². The zero-order chi connectivity index (χ0) is 17.5. The van der Waals surface area contributed by atoms with Crippen LogP contribution in [0, 0.1) is 5.82 Å². The van der Waals surface area contributed by atoms with Gasteiger partial charge in [-0.1, -0.05) is 30.3 Å². The number of nitrogens with one attached hydrogen (secondary N) is 1. The van der Waals surface area contributed by atoms with Crippen molar-refractivity contribution in [3.8, 4) is 0 Å². The van der Waals surface area contributed by atoms with Crippen molar-refractivity contribution in [3.05, 3.63) is 66.0 Å². The molecule has 2 aromatic rings. The summed E-state index contributed by atoms with van der Waals surface area (Å²) < 4.78 is 25.8. The molecule has 2 rings (SSSR count). The molecule has 0 saturated carbocycles. The second-order valence-electron chi connectivity index (χ2n) is 5.06. The van der Waals surface area contributed by atoms with Gasteiger partial charge in [-0.05, 0) is 30.7 Å². The van der Waals surface area contributed by atoms with Gasteiger partial charge in [-0.15, -0.1) is 0 Å². The van der Waals surface area contributed by atoms with Crippen LogP contribution >= 0.6 is 0 Å². The van der Waals surface area contributed by atoms with Gasteiger partial charge < -0.3 is 11.1 Å². The van der Waals surface area contributed by atoms with Crippen LogP contribution in [0.4, 0.5) is 4.39 Å². The molecular formula is C17H17FN2O3S. The van der Waals surface area contributed by atoms with E-state index in [1.165, 1.54) is 18.2 Å². The van der Waals surface area contributed by atoms with Crippen molar-refractivity contribution < 1.29 is 18.2 Å². The molecule has 2 atom stereocenters. The highest BCUT2D eigenvalue weighted by molar-refractivity contribution is 7.85. The maximum Gasteiger partial charge on any atom is 0.254 e. The predicted octanol–water partition coefficient (Wildman–Crippen LogP) is 1.61. The number of hydrogen-bond acceptors (Lipinski definition) is 3. The first kappa shape index (κ1) is 17.8. The Balaban J connectivity index is 2.00. The van der Waals surface area contributed by atoms with Gasteiger partial charge in [-0.3, -0.25) is 13.8 Å². The van der Waals surface area contributed by atoms with Crippen LogP contribution in [0.3, 0.4) is 0 Å². The van der Waals surface area contributed by atoms with Crippen LogP contribution in [0.2, 0.25) is 0 Å². The number of hydrogen-bond donors (Lipinski definition) is 2. The van der Waals surface area contributed by atoms with E-state index in [2.05, 4.69) is 5.32 Å². The Hall–Kier alpha value is -2.54. The Kier molecular flexibility index (Phi) is 6.20. The minimum absolute atomic E-state index is 0.0943. The zero-order valence-corrected chi connectivity index (χ0v) is 13.6. The summed E-state index contributed by atoms with van der Waals surface area (Å²) in [7, 11) is -1.32. The van der Waals surface area contributed by atoms with Crippen molar-refractivity contribution in [1.82, 2.24) is 5.32 Å². The van der Waals surface area contributed by atoms with Crippen LogP contribution < -0.4 is 11.1 Å². The molecule has 5 nitrogen and oxygen atoms in total. The number of primary amides is 1. The molecule has 0 aliphatic rings. The standard InChI is InChI=1S/C17H17FN2O3S/c18-14-9-5-4-8-13(14)17(22)20-15(16(19)21)10-11-24(23)12-6-2-1-3-7-12/h1-9,15H,10-11H2,(H2,19,21)(H,20,22)/t15-,24-/m0/s1. The summed E-state index contributed by atoms with van der Waals surface area (Å²) in [5.41, 5.74) is 5.11. The molecule has 0 aromatic heterocycles. The lowest BCUT2D eigenvalue weighted by molar-refractivity contribution is -0.119. The van der Waals surface area contributed by atoms with Crippen molar-refractivity contribution >= 4 is 22.6 Å². The Morgan fingerprint density at radius 3 is 2.33 bits per heavy atom. The van der Waals surface area contributed by atoms with Crippen LogP contribution in [0.1, 0.15) is 16.8 Å². The van der Waals surface area contributed by atoms with Crippen LogP contribution in [0.5, 0.6) is 0 Å². The summed E-state index contributed by atoms with van der Waals surface area (Å²) in [5, 5.41) is 2.39. The fraction of sp³-hybridized carbons (Fsp3) is 0.176. The molecule has 0 unspecified atom stereocenters. The third-order valence-electron chi connectivity index (χ3n) is 3.37. The van der Waals surface area contributed by atoms with E-state index in [1.54, 1.807) is 24.3 Å². The first-order valence-corrected chi connectivity index (χ1v) is 8.59. The Morgan fingerprint density at radius 1 is 1.08 bits per heavy atom. The summed E-state index contributed by atoms with van der Waals surface area (Å²) in [6.45, 7) is 0. The number of rotatable bonds is 7. The first-order chi connectivity index (χ1) is 11.5. The van der Waals surface area contributed by atoms with E-state index in [1.807, 2.05) is 6.07 Å². The summed E-state index contributed by atoms with van der Waals surface area (Å²) in [6, 6.07) is 13.2. The minimum atomic E-state index is -1.32. The lowest BCUT2D eigenvalue weighted by atomic mass is 10.1. The summed E-state index contributed by atoms with van der Waals surface area (Å²) >= 11 is 0. The molecule has 7 heteroatoms. The van der Waals surface area contributed by atoms with Gasteiger partial charge in [0.05, 0.1) is 16.4 Å². The Bertz CT molecular complexity index is 753. The lowest BCUT2D eigenvalue weighted by Gasteiger charge is -2.15. The molecule has 0 aliphatic carbocycles. The summed E-state index contributed by atoms with van der Waals surface area (Å²) in [4.78, 5) is 24.2. The Labute approximate surface area is 141 Å². The molecule has 0 heterocycles. The van der Waals surface area contributed by atoms with Crippen molar-refractivity contribution in [2.75, 3.05) is 5.75 Å². The largest absolute Gasteiger partial charge is 0.368 e. The molecule has 24 heavy (non-hydrogen) atoms. The van der Waals surface area contributed by atoms with Gasteiger partial charge >= 0.3 is 0 Å². The number of carbonyl (C=O) groups is 2. The molecule has 0 radical (unpaired) electrons. The monoisotopic (exact) mass is 348 g/mol. The molecule has 2 amide bonds. The zero-order valence-electron chi connectivity index (χ0n) is 12.8. The van der Waals surface area contributed by atoms with E-state index < -0.39 is 34.5 Å². The van der Waals surface area contributed by atoms with Crippen LogP contribution in [-0.4, -0.2) is 27.8 Å². The topological polar surface area (TPSA) is 89.3 Å². The molecule has 3 N–H and O–H groups in total. The molecule has 0 fully saturated rings. The lowest BCUT2D eigenvalue weighted by Crippen LogP contribution is -2.45. The second-order valence-corrected chi connectivity index (χ2v) is 6.63. The minimum Gasteiger partial charge on any atom is -0.368 e. The third-order valence-corrected chi connectivity index (χ3v) is 4.77.